The van der Waals surface area contributed by atoms with Crippen molar-refractivity contribution in [3.05, 3.63) is 0 Å². The first-order valence-corrected chi connectivity index (χ1v) is 5.39. The van der Waals surface area contributed by atoms with E-state index in [1.807, 2.05) is 0 Å². The lowest BCUT2D eigenvalue weighted by Crippen LogP contribution is -2.44. The summed E-state index contributed by atoms with van der Waals surface area (Å²) in [6, 6.07) is 0. The van der Waals surface area contributed by atoms with E-state index in [0.29, 0.717) is 12.5 Å². The van der Waals surface area contributed by atoms with Crippen molar-refractivity contribution in [2.45, 2.75) is 25.4 Å². The zero-order chi connectivity index (χ0) is 10.4. The monoisotopic (exact) mass is 202 g/mol. The SMILES string of the molecule is CC(O)(CO)CNCC1CCCNC1. The summed E-state index contributed by atoms with van der Waals surface area (Å²) in [5.74, 6) is 0.665. The molecule has 14 heavy (non-hydrogen) atoms. The third kappa shape index (κ3) is 4.37. The molecule has 0 saturated carbocycles. The van der Waals surface area contributed by atoms with E-state index in [4.69, 9.17) is 5.11 Å². The van der Waals surface area contributed by atoms with Gasteiger partial charge in [-0.3, -0.25) is 0 Å². The molecule has 1 rings (SSSR count). The number of hydrogen-bond acceptors (Lipinski definition) is 4. The smallest absolute Gasteiger partial charge is 0.0972 e. The Morgan fingerprint density at radius 2 is 2.36 bits per heavy atom. The minimum atomic E-state index is -0.984. The largest absolute Gasteiger partial charge is 0.393 e. The van der Waals surface area contributed by atoms with E-state index in [9.17, 15) is 5.11 Å². The molecule has 2 unspecified atom stereocenters. The van der Waals surface area contributed by atoms with E-state index in [1.54, 1.807) is 6.92 Å². The van der Waals surface area contributed by atoms with Gasteiger partial charge >= 0.3 is 0 Å². The summed E-state index contributed by atoms with van der Waals surface area (Å²) in [7, 11) is 0. The van der Waals surface area contributed by atoms with Crippen LogP contribution in [0.2, 0.25) is 0 Å². The molecule has 0 aliphatic carbocycles. The maximum atomic E-state index is 9.52. The highest BCUT2D eigenvalue weighted by atomic mass is 16.3. The van der Waals surface area contributed by atoms with Gasteiger partial charge in [0.1, 0.15) is 0 Å². The van der Waals surface area contributed by atoms with Gasteiger partial charge in [0.25, 0.3) is 0 Å². The maximum absolute atomic E-state index is 9.52. The van der Waals surface area contributed by atoms with Crippen molar-refractivity contribution in [3.8, 4) is 0 Å². The highest BCUT2D eigenvalue weighted by Crippen LogP contribution is 2.08. The fraction of sp³-hybridized carbons (Fsp3) is 1.00. The first kappa shape index (κ1) is 11.9. The Morgan fingerprint density at radius 3 is 2.93 bits per heavy atom. The van der Waals surface area contributed by atoms with E-state index in [1.165, 1.54) is 12.8 Å². The fourth-order valence-electron chi connectivity index (χ4n) is 1.70. The lowest BCUT2D eigenvalue weighted by Gasteiger charge is -2.26. The molecule has 2 atom stereocenters. The standard InChI is InChI=1S/C10H22N2O2/c1-10(14,8-13)7-12-6-9-3-2-4-11-5-9/h9,11-14H,2-8H2,1H3. The molecular formula is C10H22N2O2. The van der Waals surface area contributed by atoms with Gasteiger partial charge in [0.05, 0.1) is 12.2 Å². The summed E-state index contributed by atoms with van der Waals surface area (Å²) >= 11 is 0. The molecule has 1 saturated heterocycles. The zero-order valence-corrected chi connectivity index (χ0v) is 8.92. The Labute approximate surface area is 85.7 Å². The van der Waals surface area contributed by atoms with Crippen LogP contribution in [0.25, 0.3) is 0 Å². The molecule has 4 nitrogen and oxygen atoms in total. The second-order valence-electron chi connectivity index (χ2n) is 4.50. The molecule has 4 heteroatoms. The number of aliphatic hydroxyl groups excluding tert-OH is 1. The molecule has 0 bridgehead atoms. The Hall–Kier alpha value is -0.160. The molecule has 1 aliphatic rings. The molecule has 1 aliphatic heterocycles. The van der Waals surface area contributed by atoms with Crippen LogP contribution in [0.1, 0.15) is 19.8 Å². The van der Waals surface area contributed by atoms with E-state index < -0.39 is 5.60 Å². The van der Waals surface area contributed by atoms with Gasteiger partial charge in [-0.05, 0) is 45.3 Å². The number of nitrogens with one attached hydrogen (secondary N) is 2. The molecule has 4 N–H and O–H groups in total. The second kappa shape index (κ2) is 5.66. The molecular weight excluding hydrogens is 180 g/mol. The predicted octanol–water partition coefficient (Wildman–Crippen LogP) is -0.681. The summed E-state index contributed by atoms with van der Waals surface area (Å²) < 4.78 is 0. The number of piperidine rings is 1. The normalized spacial score (nSPS) is 27.2. The molecule has 1 fully saturated rings. The minimum absolute atomic E-state index is 0.192. The Morgan fingerprint density at radius 1 is 1.57 bits per heavy atom. The van der Waals surface area contributed by atoms with Gasteiger partial charge in [-0.2, -0.15) is 0 Å². The average Bonchev–Trinajstić information content (AvgIpc) is 2.19. The zero-order valence-electron chi connectivity index (χ0n) is 8.92. The Kier molecular flexibility index (Phi) is 4.81. The van der Waals surface area contributed by atoms with Crippen LogP contribution in [0.3, 0.4) is 0 Å². The second-order valence-corrected chi connectivity index (χ2v) is 4.50. The summed E-state index contributed by atoms with van der Waals surface area (Å²) in [5, 5.41) is 24.9. The van der Waals surface area contributed by atoms with Crippen LogP contribution in [-0.2, 0) is 0 Å². The third-order valence-corrected chi connectivity index (χ3v) is 2.68. The van der Waals surface area contributed by atoms with Crippen molar-refractivity contribution in [2.24, 2.45) is 5.92 Å². The van der Waals surface area contributed by atoms with Crippen molar-refractivity contribution >= 4 is 0 Å². The summed E-state index contributed by atoms with van der Waals surface area (Å²) in [6.07, 6.45) is 2.49. The molecule has 0 spiro atoms. The van der Waals surface area contributed by atoms with Crippen molar-refractivity contribution in [3.63, 3.8) is 0 Å². The molecule has 0 amide bonds. The van der Waals surface area contributed by atoms with Crippen LogP contribution < -0.4 is 10.6 Å². The highest BCUT2D eigenvalue weighted by molar-refractivity contribution is 4.76. The number of rotatable bonds is 5. The molecule has 0 aromatic rings. The molecule has 1 heterocycles. The molecule has 0 aromatic carbocycles. The Bertz CT molecular complexity index is 156. The van der Waals surface area contributed by atoms with E-state index in [0.717, 1.165) is 19.6 Å². The molecule has 0 aromatic heterocycles. The average molecular weight is 202 g/mol. The number of aliphatic hydroxyl groups is 2. The van der Waals surface area contributed by atoms with E-state index in [2.05, 4.69) is 10.6 Å². The first-order valence-electron chi connectivity index (χ1n) is 5.39. The Balaban J connectivity index is 2.08. The van der Waals surface area contributed by atoms with Crippen molar-refractivity contribution in [1.29, 1.82) is 0 Å². The number of hydrogen-bond donors (Lipinski definition) is 4. The topological polar surface area (TPSA) is 64.5 Å². The predicted molar refractivity (Wildman–Crippen MR) is 56.2 cm³/mol. The lowest BCUT2D eigenvalue weighted by molar-refractivity contribution is 0.00208. The fourth-order valence-corrected chi connectivity index (χ4v) is 1.70. The van der Waals surface area contributed by atoms with Crippen LogP contribution in [0.4, 0.5) is 0 Å². The van der Waals surface area contributed by atoms with E-state index >= 15 is 0 Å². The van der Waals surface area contributed by atoms with Gasteiger partial charge in [0.2, 0.25) is 0 Å². The van der Waals surface area contributed by atoms with Gasteiger partial charge in [-0.15, -0.1) is 0 Å². The van der Waals surface area contributed by atoms with Crippen LogP contribution in [0.15, 0.2) is 0 Å². The van der Waals surface area contributed by atoms with Crippen LogP contribution in [0, 0.1) is 5.92 Å². The van der Waals surface area contributed by atoms with Crippen molar-refractivity contribution in [2.75, 3.05) is 32.8 Å². The maximum Gasteiger partial charge on any atom is 0.0972 e. The van der Waals surface area contributed by atoms with Crippen molar-refractivity contribution < 1.29 is 10.2 Å². The lowest BCUT2D eigenvalue weighted by atomic mass is 9.99. The van der Waals surface area contributed by atoms with E-state index in [-0.39, 0.29) is 6.61 Å². The van der Waals surface area contributed by atoms with Gasteiger partial charge in [0, 0.05) is 6.54 Å². The molecule has 84 valence electrons. The summed E-state index contributed by atoms with van der Waals surface area (Å²) in [4.78, 5) is 0. The minimum Gasteiger partial charge on any atom is -0.393 e. The first-order chi connectivity index (χ1) is 6.64. The van der Waals surface area contributed by atoms with Gasteiger partial charge in [-0.25, -0.2) is 0 Å². The van der Waals surface area contributed by atoms with Gasteiger partial charge in [-0.1, -0.05) is 0 Å². The van der Waals surface area contributed by atoms with Crippen LogP contribution in [-0.4, -0.2) is 48.6 Å². The summed E-state index contributed by atoms with van der Waals surface area (Å²) in [6.45, 7) is 5.02. The van der Waals surface area contributed by atoms with Crippen LogP contribution >= 0.6 is 0 Å². The molecule has 0 radical (unpaired) electrons. The van der Waals surface area contributed by atoms with Crippen molar-refractivity contribution in [1.82, 2.24) is 10.6 Å². The quantitative estimate of drug-likeness (QED) is 0.477. The van der Waals surface area contributed by atoms with Gasteiger partial charge < -0.3 is 20.8 Å². The van der Waals surface area contributed by atoms with Crippen LogP contribution in [0.5, 0.6) is 0 Å². The third-order valence-electron chi connectivity index (χ3n) is 2.68. The highest BCUT2D eigenvalue weighted by Gasteiger charge is 2.19. The van der Waals surface area contributed by atoms with Gasteiger partial charge in [0.15, 0.2) is 0 Å². The summed E-state index contributed by atoms with van der Waals surface area (Å²) in [5.41, 5.74) is -0.984.